The fraction of sp³-hybridized carbons (Fsp3) is 0.462. The lowest BCUT2D eigenvalue weighted by Gasteiger charge is -2.27. The second kappa shape index (κ2) is 4.96. The first kappa shape index (κ1) is 13.8. The number of carbonyl (C=O) groups is 1. The third-order valence-electron chi connectivity index (χ3n) is 2.49. The predicted octanol–water partition coefficient (Wildman–Crippen LogP) is 3.62. The summed E-state index contributed by atoms with van der Waals surface area (Å²) in [5.41, 5.74) is 2.39. The van der Waals surface area contributed by atoms with E-state index in [4.69, 9.17) is 16.7 Å². The fourth-order valence-electron chi connectivity index (χ4n) is 1.83. The molecule has 0 aliphatic carbocycles. The van der Waals surface area contributed by atoms with Gasteiger partial charge in [0, 0.05) is 5.54 Å². The molecule has 0 radical (unpaired) electrons. The summed E-state index contributed by atoms with van der Waals surface area (Å²) in [6.45, 7) is 7.62. The molecular formula is C13H18ClNO2. The largest absolute Gasteiger partial charge is 0.481 e. The van der Waals surface area contributed by atoms with Gasteiger partial charge in [0.1, 0.15) is 0 Å². The van der Waals surface area contributed by atoms with E-state index < -0.39 is 11.5 Å². The summed E-state index contributed by atoms with van der Waals surface area (Å²) in [5, 5.41) is 12.7. The van der Waals surface area contributed by atoms with Gasteiger partial charge in [-0.05, 0) is 44.9 Å². The van der Waals surface area contributed by atoms with Crippen molar-refractivity contribution in [1.82, 2.24) is 0 Å². The monoisotopic (exact) mass is 255 g/mol. The van der Waals surface area contributed by atoms with Crippen LogP contribution >= 0.6 is 11.6 Å². The van der Waals surface area contributed by atoms with Gasteiger partial charge < -0.3 is 10.4 Å². The summed E-state index contributed by atoms with van der Waals surface area (Å²) in [5.74, 6) is -0.830. The van der Waals surface area contributed by atoms with Crippen molar-refractivity contribution in [2.24, 2.45) is 0 Å². The van der Waals surface area contributed by atoms with Crippen molar-refractivity contribution in [3.8, 4) is 0 Å². The summed E-state index contributed by atoms with van der Waals surface area (Å²) >= 11 is 6.17. The Morgan fingerprint density at radius 1 is 1.41 bits per heavy atom. The van der Waals surface area contributed by atoms with Gasteiger partial charge in [-0.25, -0.2) is 0 Å². The maximum atomic E-state index is 10.8. The van der Waals surface area contributed by atoms with E-state index in [9.17, 15) is 4.79 Å². The molecule has 1 aromatic carbocycles. The van der Waals surface area contributed by atoms with E-state index in [-0.39, 0.29) is 6.42 Å². The first-order valence-corrected chi connectivity index (χ1v) is 5.86. The molecule has 1 rings (SSSR count). The Balaban J connectivity index is 2.99. The summed E-state index contributed by atoms with van der Waals surface area (Å²) < 4.78 is 0. The molecule has 0 fully saturated rings. The van der Waals surface area contributed by atoms with Crippen molar-refractivity contribution in [3.63, 3.8) is 0 Å². The van der Waals surface area contributed by atoms with Crippen LogP contribution in [-0.4, -0.2) is 16.6 Å². The molecule has 2 N–H and O–H groups in total. The average molecular weight is 256 g/mol. The average Bonchev–Trinajstić information content (AvgIpc) is 2.09. The predicted molar refractivity (Wildman–Crippen MR) is 70.9 cm³/mol. The van der Waals surface area contributed by atoms with Crippen molar-refractivity contribution in [1.29, 1.82) is 0 Å². The van der Waals surface area contributed by atoms with E-state index >= 15 is 0 Å². The van der Waals surface area contributed by atoms with Gasteiger partial charge in [0.2, 0.25) is 0 Å². The van der Waals surface area contributed by atoms with Gasteiger partial charge in [-0.3, -0.25) is 4.79 Å². The maximum Gasteiger partial charge on any atom is 0.305 e. The van der Waals surface area contributed by atoms with Crippen molar-refractivity contribution < 1.29 is 9.90 Å². The number of rotatable bonds is 4. The third kappa shape index (κ3) is 3.93. The van der Waals surface area contributed by atoms with Gasteiger partial charge in [-0.15, -0.1) is 0 Å². The molecule has 0 aliphatic heterocycles. The van der Waals surface area contributed by atoms with Crippen LogP contribution in [0.3, 0.4) is 0 Å². The lowest BCUT2D eigenvalue weighted by Crippen LogP contribution is -2.34. The van der Waals surface area contributed by atoms with Crippen LogP contribution in [0.4, 0.5) is 5.69 Å². The molecule has 0 amide bonds. The van der Waals surface area contributed by atoms with Crippen LogP contribution in [0.15, 0.2) is 12.1 Å². The van der Waals surface area contributed by atoms with E-state index in [1.165, 1.54) is 0 Å². The van der Waals surface area contributed by atoms with Crippen molar-refractivity contribution >= 4 is 23.3 Å². The van der Waals surface area contributed by atoms with E-state index in [0.717, 1.165) is 16.8 Å². The topological polar surface area (TPSA) is 49.3 Å². The van der Waals surface area contributed by atoms with Crippen molar-refractivity contribution in [2.75, 3.05) is 5.32 Å². The number of aryl methyl sites for hydroxylation is 2. The number of anilines is 1. The van der Waals surface area contributed by atoms with Crippen LogP contribution < -0.4 is 5.32 Å². The molecule has 0 spiro atoms. The second-order valence-corrected chi connectivity index (χ2v) is 5.43. The van der Waals surface area contributed by atoms with Gasteiger partial charge in [-0.2, -0.15) is 0 Å². The Morgan fingerprint density at radius 3 is 2.47 bits per heavy atom. The van der Waals surface area contributed by atoms with Crippen LogP contribution in [-0.2, 0) is 4.79 Å². The highest BCUT2D eigenvalue weighted by molar-refractivity contribution is 6.33. The second-order valence-electron chi connectivity index (χ2n) is 5.02. The molecule has 1 aromatic rings. The zero-order valence-electron chi connectivity index (χ0n) is 10.6. The highest BCUT2D eigenvalue weighted by atomic mass is 35.5. The molecule has 0 atom stereocenters. The van der Waals surface area contributed by atoms with Crippen LogP contribution in [0, 0.1) is 13.8 Å². The lowest BCUT2D eigenvalue weighted by atomic mass is 9.99. The molecular weight excluding hydrogens is 238 g/mol. The zero-order valence-corrected chi connectivity index (χ0v) is 11.4. The molecule has 4 heteroatoms. The Hall–Kier alpha value is -1.22. The number of aliphatic carboxylic acids is 1. The van der Waals surface area contributed by atoms with Crippen molar-refractivity contribution in [3.05, 3.63) is 28.3 Å². The molecule has 17 heavy (non-hydrogen) atoms. The summed E-state index contributed by atoms with van der Waals surface area (Å²) in [7, 11) is 0. The number of hydrogen-bond donors (Lipinski definition) is 2. The maximum absolute atomic E-state index is 10.8. The van der Waals surface area contributed by atoms with E-state index in [0.29, 0.717) is 5.02 Å². The molecule has 0 bridgehead atoms. The highest BCUT2D eigenvalue weighted by Crippen LogP contribution is 2.30. The first-order chi connectivity index (χ1) is 7.71. The lowest BCUT2D eigenvalue weighted by molar-refractivity contribution is -0.137. The summed E-state index contributed by atoms with van der Waals surface area (Å²) in [6, 6.07) is 3.89. The molecule has 94 valence electrons. The molecule has 0 aliphatic rings. The highest BCUT2D eigenvalue weighted by Gasteiger charge is 2.23. The molecule has 0 saturated heterocycles. The van der Waals surface area contributed by atoms with Crippen LogP contribution in [0.5, 0.6) is 0 Å². The minimum Gasteiger partial charge on any atom is -0.481 e. The van der Waals surface area contributed by atoms with Gasteiger partial charge in [0.05, 0.1) is 17.1 Å². The quantitative estimate of drug-likeness (QED) is 0.864. The van der Waals surface area contributed by atoms with E-state index in [2.05, 4.69) is 5.32 Å². The number of halogens is 1. The standard InChI is InChI=1S/C13H18ClNO2/c1-8-5-9(2)12(10(14)6-8)15-13(3,4)7-11(16)17/h5-6,15H,7H2,1-4H3,(H,16,17). The third-order valence-corrected chi connectivity index (χ3v) is 2.79. The Morgan fingerprint density at radius 2 is 2.00 bits per heavy atom. The SMILES string of the molecule is Cc1cc(C)c(NC(C)(C)CC(=O)O)c(Cl)c1. The zero-order chi connectivity index (χ0) is 13.2. The van der Waals surface area contributed by atoms with Gasteiger partial charge in [0.15, 0.2) is 0 Å². The van der Waals surface area contributed by atoms with Gasteiger partial charge in [-0.1, -0.05) is 17.7 Å². The van der Waals surface area contributed by atoms with E-state index in [1.54, 1.807) is 0 Å². The van der Waals surface area contributed by atoms with Gasteiger partial charge in [0.25, 0.3) is 0 Å². The Kier molecular flexibility index (Phi) is 4.04. The van der Waals surface area contributed by atoms with Crippen LogP contribution in [0.2, 0.25) is 5.02 Å². The molecule has 0 heterocycles. The molecule has 0 unspecified atom stereocenters. The normalized spacial score (nSPS) is 11.4. The number of hydrogen-bond acceptors (Lipinski definition) is 2. The smallest absolute Gasteiger partial charge is 0.305 e. The minimum atomic E-state index is -0.830. The van der Waals surface area contributed by atoms with Crippen molar-refractivity contribution in [2.45, 2.75) is 39.7 Å². The summed E-state index contributed by atoms with van der Waals surface area (Å²) in [6.07, 6.45) is 0.0383. The number of nitrogens with one attached hydrogen (secondary N) is 1. The van der Waals surface area contributed by atoms with E-state index in [1.807, 2.05) is 39.8 Å². The van der Waals surface area contributed by atoms with Gasteiger partial charge >= 0.3 is 5.97 Å². The molecule has 3 nitrogen and oxygen atoms in total. The first-order valence-electron chi connectivity index (χ1n) is 5.48. The molecule has 0 saturated carbocycles. The fourth-order valence-corrected chi connectivity index (χ4v) is 2.20. The Labute approximate surface area is 107 Å². The Bertz CT molecular complexity index is 418. The van der Waals surface area contributed by atoms with Crippen LogP contribution in [0.25, 0.3) is 0 Å². The number of benzene rings is 1. The molecule has 0 aromatic heterocycles. The number of carboxylic acids is 1. The number of carboxylic acid groups (broad SMARTS) is 1. The van der Waals surface area contributed by atoms with Crippen LogP contribution in [0.1, 0.15) is 31.4 Å². The summed E-state index contributed by atoms with van der Waals surface area (Å²) in [4.78, 5) is 10.8. The minimum absolute atomic E-state index is 0.0383.